The summed E-state index contributed by atoms with van der Waals surface area (Å²) in [6.45, 7) is 1.99. The van der Waals surface area contributed by atoms with Crippen molar-refractivity contribution in [1.29, 1.82) is 0 Å². The van der Waals surface area contributed by atoms with Crippen LogP contribution < -0.4 is 5.73 Å². The molecule has 2 aliphatic rings. The maximum Gasteiger partial charge on any atom is 0.231 e. The first-order chi connectivity index (χ1) is 6.77. The molecule has 0 radical (unpaired) electrons. The number of primary amides is 1. The SMILES string of the molecule is NC(=O)CN1CCOC2CCCCC21. The van der Waals surface area contributed by atoms with Gasteiger partial charge >= 0.3 is 0 Å². The molecule has 4 nitrogen and oxygen atoms in total. The number of nitrogens with zero attached hydrogens (tertiary/aromatic N) is 1. The van der Waals surface area contributed by atoms with Gasteiger partial charge in [0.05, 0.1) is 19.3 Å². The lowest BCUT2D eigenvalue weighted by Gasteiger charge is -2.43. The second kappa shape index (κ2) is 4.28. The lowest BCUT2D eigenvalue weighted by atomic mass is 9.90. The first-order valence-corrected chi connectivity index (χ1v) is 5.41. The van der Waals surface area contributed by atoms with Crippen molar-refractivity contribution >= 4 is 5.91 Å². The standard InChI is InChI=1S/C10H18N2O2/c11-10(13)7-12-5-6-14-9-4-2-1-3-8(9)12/h8-9H,1-7H2,(H2,11,13). The third-order valence-electron chi connectivity index (χ3n) is 3.21. The molecule has 1 heterocycles. The number of rotatable bonds is 2. The topological polar surface area (TPSA) is 55.6 Å². The number of carbonyl (C=O) groups is 1. The van der Waals surface area contributed by atoms with Crippen molar-refractivity contribution < 1.29 is 9.53 Å². The Morgan fingerprint density at radius 3 is 3.00 bits per heavy atom. The summed E-state index contributed by atoms with van der Waals surface area (Å²) >= 11 is 0. The summed E-state index contributed by atoms with van der Waals surface area (Å²) in [4.78, 5) is 13.1. The van der Waals surface area contributed by atoms with Crippen LogP contribution in [0.4, 0.5) is 0 Å². The second-order valence-corrected chi connectivity index (χ2v) is 4.20. The van der Waals surface area contributed by atoms with E-state index in [1.807, 2.05) is 0 Å². The molecule has 2 fully saturated rings. The van der Waals surface area contributed by atoms with E-state index in [1.165, 1.54) is 12.8 Å². The van der Waals surface area contributed by atoms with Crippen molar-refractivity contribution in [2.75, 3.05) is 19.7 Å². The fraction of sp³-hybridized carbons (Fsp3) is 0.900. The number of carbonyl (C=O) groups excluding carboxylic acids is 1. The molecule has 2 rings (SSSR count). The van der Waals surface area contributed by atoms with Gasteiger partial charge < -0.3 is 10.5 Å². The molecule has 1 aliphatic carbocycles. The normalized spacial score (nSPS) is 33.7. The van der Waals surface area contributed by atoms with E-state index < -0.39 is 0 Å². The molecule has 1 aliphatic heterocycles. The van der Waals surface area contributed by atoms with E-state index in [4.69, 9.17) is 10.5 Å². The highest BCUT2D eigenvalue weighted by molar-refractivity contribution is 5.76. The first-order valence-electron chi connectivity index (χ1n) is 5.41. The van der Waals surface area contributed by atoms with E-state index >= 15 is 0 Å². The number of fused-ring (bicyclic) bond motifs is 1. The van der Waals surface area contributed by atoms with Gasteiger partial charge in [0.15, 0.2) is 0 Å². The minimum absolute atomic E-state index is 0.226. The summed E-state index contributed by atoms with van der Waals surface area (Å²) < 4.78 is 5.70. The number of hydrogen-bond donors (Lipinski definition) is 1. The highest BCUT2D eigenvalue weighted by Crippen LogP contribution is 2.27. The Morgan fingerprint density at radius 1 is 1.43 bits per heavy atom. The van der Waals surface area contributed by atoms with Crippen LogP contribution in [0, 0.1) is 0 Å². The summed E-state index contributed by atoms with van der Waals surface area (Å²) in [6.07, 6.45) is 5.14. The number of morpholine rings is 1. The zero-order valence-corrected chi connectivity index (χ0v) is 8.45. The van der Waals surface area contributed by atoms with Crippen molar-refractivity contribution in [3.8, 4) is 0 Å². The zero-order chi connectivity index (χ0) is 9.97. The molecule has 0 bridgehead atoms. The van der Waals surface area contributed by atoms with E-state index in [-0.39, 0.29) is 5.91 Å². The minimum Gasteiger partial charge on any atom is -0.375 e. The van der Waals surface area contributed by atoms with E-state index in [0.29, 0.717) is 18.7 Å². The van der Waals surface area contributed by atoms with Gasteiger partial charge in [0.2, 0.25) is 5.91 Å². The Kier molecular flexibility index (Phi) is 3.03. The van der Waals surface area contributed by atoms with Crippen molar-refractivity contribution in [1.82, 2.24) is 4.90 Å². The predicted octanol–water partition coefficient (Wildman–Crippen LogP) is 0.115. The predicted molar refractivity (Wildman–Crippen MR) is 52.8 cm³/mol. The van der Waals surface area contributed by atoms with E-state index in [1.54, 1.807) is 0 Å². The van der Waals surface area contributed by atoms with Crippen LogP contribution in [0.2, 0.25) is 0 Å². The number of amides is 1. The number of nitrogens with two attached hydrogens (primary N) is 1. The third kappa shape index (κ3) is 2.07. The average Bonchev–Trinajstić information content (AvgIpc) is 2.18. The molecule has 14 heavy (non-hydrogen) atoms. The van der Waals surface area contributed by atoms with Crippen LogP contribution >= 0.6 is 0 Å². The average molecular weight is 198 g/mol. The Balaban J connectivity index is 1.97. The van der Waals surface area contributed by atoms with Crippen LogP contribution in [-0.2, 0) is 9.53 Å². The van der Waals surface area contributed by atoms with Gasteiger partial charge in [0.1, 0.15) is 0 Å². The lowest BCUT2D eigenvalue weighted by Crippen LogP contribution is -2.54. The fourth-order valence-electron chi connectivity index (χ4n) is 2.57. The van der Waals surface area contributed by atoms with Gasteiger partial charge in [0, 0.05) is 12.6 Å². The molecule has 0 aromatic carbocycles. The van der Waals surface area contributed by atoms with Crippen molar-refractivity contribution in [3.05, 3.63) is 0 Å². The quantitative estimate of drug-likeness (QED) is 0.685. The van der Waals surface area contributed by atoms with Crippen molar-refractivity contribution in [3.63, 3.8) is 0 Å². The highest BCUT2D eigenvalue weighted by Gasteiger charge is 2.34. The lowest BCUT2D eigenvalue weighted by molar-refractivity contribution is -0.126. The molecule has 1 saturated carbocycles. The van der Waals surface area contributed by atoms with Crippen LogP contribution in [0.25, 0.3) is 0 Å². The zero-order valence-electron chi connectivity index (χ0n) is 8.45. The molecule has 0 aromatic heterocycles. The smallest absolute Gasteiger partial charge is 0.231 e. The van der Waals surface area contributed by atoms with Crippen molar-refractivity contribution in [2.24, 2.45) is 5.73 Å². The van der Waals surface area contributed by atoms with Crippen LogP contribution in [0.1, 0.15) is 25.7 Å². The number of hydrogen-bond acceptors (Lipinski definition) is 3. The van der Waals surface area contributed by atoms with Crippen LogP contribution in [0.15, 0.2) is 0 Å². The summed E-state index contributed by atoms with van der Waals surface area (Å²) in [5, 5.41) is 0. The molecular weight excluding hydrogens is 180 g/mol. The molecule has 1 saturated heterocycles. The van der Waals surface area contributed by atoms with Crippen LogP contribution in [0.3, 0.4) is 0 Å². The molecule has 2 atom stereocenters. The maximum atomic E-state index is 10.9. The molecular formula is C10H18N2O2. The Labute approximate surface area is 84.4 Å². The molecule has 2 unspecified atom stereocenters. The van der Waals surface area contributed by atoms with Crippen molar-refractivity contribution in [2.45, 2.75) is 37.8 Å². The summed E-state index contributed by atoms with van der Waals surface area (Å²) in [7, 11) is 0. The molecule has 0 aromatic rings. The Hall–Kier alpha value is -0.610. The molecule has 4 heteroatoms. The minimum atomic E-state index is -0.226. The molecule has 80 valence electrons. The fourth-order valence-corrected chi connectivity index (χ4v) is 2.57. The third-order valence-corrected chi connectivity index (χ3v) is 3.21. The largest absolute Gasteiger partial charge is 0.375 e. The van der Waals surface area contributed by atoms with Gasteiger partial charge in [-0.05, 0) is 12.8 Å². The second-order valence-electron chi connectivity index (χ2n) is 4.20. The van der Waals surface area contributed by atoms with Crippen LogP contribution in [0.5, 0.6) is 0 Å². The maximum absolute atomic E-state index is 10.9. The Bertz CT molecular complexity index is 218. The number of ether oxygens (including phenoxy) is 1. The van der Waals surface area contributed by atoms with Gasteiger partial charge in [0.25, 0.3) is 0 Å². The first kappa shape index (κ1) is 9.93. The van der Waals surface area contributed by atoms with E-state index in [0.717, 1.165) is 26.0 Å². The van der Waals surface area contributed by atoms with Gasteiger partial charge in [-0.2, -0.15) is 0 Å². The van der Waals surface area contributed by atoms with Crippen LogP contribution in [-0.4, -0.2) is 42.6 Å². The summed E-state index contributed by atoms with van der Waals surface area (Å²) in [5.41, 5.74) is 5.22. The molecule has 2 N–H and O–H groups in total. The molecule has 0 spiro atoms. The summed E-state index contributed by atoms with van der Waals surface area (Å²) in [5.74, 6) is -0.226. The van der Waals surface area contributed by atoms with Gasteiger partial charge in [-0.3, -0.25) is 9.69 Å². The Morgan fingerprint density at radius 2 is 2.21 bits per heavy atom. The van der Waals surface area contributed by atoms with Gasteiger partial charge in [-0.1, -0.05) is 12.8 Å². The highest BCUT2D eigenvalue weighted by atomic mass is 16.5. The summed E-state index contributed by atoms with van der Waals surface area (Å²) in [6, 6.07) is 0.435. The monoisotopic (exact) mass is 198 g/mol. The van der Waals surface area contributed by atoms with Gasteiger partial charge in [-0.25, -0.2) is 0 Å². The van der Waals surface area contributed by atoms with E-state index in [2.05, 4.69) is 4.90 Å². The van der Waals surface area contributed by atoms with Gasteiger partial charge in [-0.15, -0.1) is 0 Å². The molecule has 1 amide bonds. The van der Waals surface area contributed by atoms with E-state index in [9.17, 15) is 4.79 Å².